The number of aromatic nitrogens is 1. The molecule has 0 spiro atoms. The summed E-state index contributed by atoms with van der Waals surface area (Å²) in [6.45, 7) is 0. The summed E-state index contributed by atoms with van der Waals surface area (Å²) in [6, 6.07) is 13.4. The number of carbonyl (C=O) groups is 2. The Hall–Kier alpha value is -3.45. The number of benzene rings is 1. The third-order valence-electron chi connectivity index (χ3n) is 3.58. The molecule has 1 N–H and O–H groups in total. The molecule has 0 aliphatic heterocycles. The van der Waals surface area contributed by atoms with Crippen molar-refractivity contribution in [3.63, 3.8) is 0 Å². The minimum atomic E-state index is -0.477. The van der Waals surface area contributed by atoms with Gasteiger partial charge in [-0.3, -0.25) is 4.79 Å². The highest BCUT2D eigenvalue weighted by atomic mass is 35.5. The number of pyridine rings is 1. The third-order valence-corrected chi connectivity index (χ3v) is 3.88. The fourth-order valence-electron chi connectivity index (χ4n) is 2.24. The number of halogens is 1. The number of furan rings is 1. The average molecular weight is 384 g/mol. The molecule has 0 aliphatic carbocycles. The molecule has 3 aromatic rings. The predicted molar refractivity (Wildman–Crippen MR) is 99.8 cm³/mol. The van der Waals surface area contributed by atoms with Crippen LogP contribution in [0, 0.1) is 0 Å². The summed E-state index contributed by atoms with van der Waals surface area (Å²) in [7, 11) is 1.33. The molecule has 0 bridgehead atoms. The monoisotopic (exact) mass is 383 g/mol. The van der Waals surface area contributed by atoms with E-state index in [1.165, 1.54) is 19.5 Å². The third kappa shape index (κ3) is 4.39. The molecule has 3 rings (SSSR count). The second-order valence-electron chi connectivity index (χ2n) is 5.31. The van der Waals surface area contributed by atoms with E-state index in [4.69, 9.17) is 16.0 Å². The van der Waals surface area contributed by atoms with Gasteiger partial charge in [-0.25, -0.2) is 15.2 Å². The molecule has 0 radical (unpaired) electrons. The van der Waals surface area contributed by atoms with Gasteiger partial charge in [-0.1, -0.05) is 23.7 Å². The van der Waals surface area contributed by atoms with Gasteiger partial charge in [0.25, 0.3) is 5.91 Å². The van der Waals surface area contributed by atoms with Crippen molar-refractivity contribution in [1.82, 2.24) is 10.4 Å². The smallest absolute Gasteiger partial charge is 0.337 e. The summed E-state index contributed by atoms with van der Waals surface area (Å²) in [4.78, 5) is 27.3. The van der Waals surface area contributed by atoms with Crippen LogP contribution in [0.5, 0.6) is 0 Å². The van der Waals surface area contributed by atoms with Gasteiger partial charge in [0.05, 0.1) is 24.5 Å². The van der Waals surface area contributed by atoms with E-state index >= 15 is 0 Å². The molecule has 8 heteroatoms. The van der Waals surface area contributed by atoms with Crippen LogP contribution in [0.1, 0.15) is 26.5 Å². The number of esters is 1. The van der Waals surface area contributed by atoms with Crippen LogP contribution >= 0.6 is 11.6 Å². The number of methoxy groups -OCH3 is 1. The molecule has 0 aliphatic rings. The topological polar surface area (TPSA) is 93.8 Å². The maximum absolute atomic E-state index is 12.0. The number of nitrogens with one attached hydrogen (secondary N) is 1. The van der Waals surface area contributed by atoms with Crippen molar-refractivity contribution in [3.8, 4) is 11.3 Å². The van der Waals surface area contributed by atoms with E-state index in [0.717, 1.165) is 5.56 Å². The van der Waals surface area contributed by atoms with Crippen molar-refractivity contribution in [2.24, 2.45) is 5.10 Å². The van der Waals surface area contributed by atoms with E-state index in [9.17, 15) is 9.59 Å². The van der Waals surface area contributed by atoms with Crippen molar-refractivity contribution in [3.05, 3.63) is 76.8 Å². The Bertz CT molecular complexity index is 996. The molecule has 0 atom stereocenters. The highest BCUT2D eigenvalue weighted by Gasteiger charge is 2.10. The SMILES string of the molecule is COC(=O)c1ccc(-c2ccc(C=NNC(=O)c3cccnc3Cl)o2)cc1. The Balaban J connectivity index is 1.65. The van der Waals surface area contributed by atoms with Gasteiger partial charge in [0.15, 0.2) is 0 Å². The highest BCUT2D eigenvalue weighted by Crippen LogP contribution is 2.22. The molecule has 2 aromatic heterocycles. The molecule has 2 heterocycles. The van der Waals surface area contributed by atoms with Crippen LogP contribution in [0.25, 0.3) is 11.3 Å². The molecule has 0 saturated carbocycles. The van der Waals surface area contributed by atoms with E-state index in [-0.39, 0.29) is 10.7 Å². The Labute approximate surface area is 159 Å². The number of hydrazone groups is 1. The van der Waals surface area contributed by atoms with Crippen LogP contribution in [-0.2, 0) is 4.74 Å². The molecular weight excluding hydrogens is 370 g/mol. The lowest BCUT2D eigenvalue weighted by Gasteiger charge is -2.01. The number of ether oxygens (including phenoxy) is 1. The lowest BCUT2D eigenvalue weighted by molar-refractivity contribution is 0.0600. The van der Waals surface area contributed by atoms with Crippen LogP contribution in [-0.4, -0.2) is 30.2 Å². The normalized spacial score (nSPS) is 10.7. The number of hydrogen-bond acceptors (Lipinski definition) is 6. The molecule has 1 amide bonds. The standard InChI is InChI=1S/C19H14ClN3O4/c1-26-19(25)13-6-4-12(5-7-13)16-9-8-14(27-16)11-22-23-18(24)15-3-2-10-21-17(15)20/h2-11H,1H3,(H,23,24). The zero-order valence-electron chi connectivity index (χ0n) is 14.2. The minimum absolute atomic E-state index is 0.0980. The zero-order chi connectivity index (χ0) is 19.2. The van der Waals surface area contributed by atoms with Crippen LogP contribution in [0.15, 0.2) is 64.2 Å². The van der Waals surface area contributed by atoms with E-state index in [0.29, 0.717) is 17.1 Å². The van der Waals surface area contributed by atoms with Crippen LogP contribution in [0.2, 0.25) is 5.15 Å². The van der Waals surface area contributed by atoms with Gasteiger partial charge in [-0.05, 0) is 36.4 Å². The Morgan fingerprint density at radius 1 is 1.19 bits per heavy atom. The maximum Gasteiger partial charge on any atom is 0.337 e. The van der Waals surface area contributed by atoms with Crippen LogP contribution in [0.3, 0.4) is 0 Å². The lowest BCUT2D eigenvalue weighted by atomic mass is 10.1. The van der Waals surface area contributed by atoms with Gasteiger partial charge in [0.1, 0.15) is 16.7 Å². The van der Waals surface area contributed by atoms with E-state index in [2.05, 4.69) is 20.2 Å². The van der Waals surface area contributed by atoms with Crippen molar-refractivity contribution < 1.29 is 18.7 Å². The second-order valence-corrected chi connectivity index (χ2v) is 5.67. The summed E-state index contributed by atoms with van der Waals surface area (Å²) in [6.07, 6.45) is 2.86. The summed E-state index contributed by atoms with van der Waals surface area (Å²) in [5.74, 6) is 0.155. The van der Waals surface area contributed by atoms with Crippen molar-refractivity contribution in [1.29, 1.82) is 0 Å². The van der Waals surface area contributed by atoms with E-state index in [1.54, 1.807) is 48.5 Å². The first kappa shape index (κ1) is 18.3. The molecule has 27 heavy (non-hydrogen) atoms. The first-order valence-corrected chi connectivity index (χ1v) is 8.19. The number of amides is 1. The largest absolute Gasteiger partial charge is 0.465 e. The molecule has 136 valence electrons. The quantitative estimate of drug-likeness (QED) is 0.315. The number of nitrogens with zero attached hydrogens (tertiary/aromatic N) is 2. The van der Waals surface area contributed by atoms with Gasteiger partial charge in [-0.2, -0.15) is 5.10 Å². The van der Waals surface area contributed by atoms with Gasteiger partial charge in [-0.15, -0.1) is 0 Å². The Morgan fingerprint density at radius 3 is 2.67 bits per heavy atom. The number of carbonyl (C=O) groups excluding carboxylic acids is 2. The predicted octanol–water partition coefficient (Wildman–Crippen LogP) is 3.55. The molecular formula is C19H14ClN3O4. The summed E-state index contributed by atoms with van der Waals surface area (Å²) in [5, 5.41) is 3.95. The maximum atomic E-state index is 12.0. The van der Waals surface area contributed by atoms with Gasteiger partial charge in [0.2, 0.25) is 0 Å². The molecule has 0 unspecified atom stereocenters. The first-order chi connectivity index (χ1) is 13.1. The van der Waals surface area contributed by atoms with Crippen molar-refractivity contribution in [2.75, 3.05) is 7.11 Å². The summed E-state index contributed by atoms with van der Waals surface area (Å²) >= 11 is 5.85. The van der Waals surface area contributed by atoms with Crippen molar-refractivity contribution >= 4 is 29.7 Å². The van der Waals surface area contributed by atoms with Gasteiger partial charge >= 0.3 is 5.97 Å². The summed E-state index contributed by atoms with van der Waals surface area (Å²) in [5.41, 5.74) is 3.82. The van der Waals surface area contributed by atoms with Crippen molar-refractivity contribution in [2.45, 2.75) is 0 Å². The molecule has 1 aromatic carbocycles. The van der Waals surface area contributed by atoms with E-state index in [1.807, 2.05) is 0 Å². The number of hydrogen-bond donors (Lipinski definition) is 1. The number of rotatable bonds is 5. The molecule has 0 saturated heterocycles. The van der Waals surface area contributed by atoms with Crippen LogP contribution < -0.4 is 5.43 Å². The van der Waals surface area contributed by atoms with Gasteiger partial charge in [0, 0.05) is 11.8 Å². The second kappa shape index (κ2) is 8.29. The fraction of sp³-hybridized carbons (Fsp3) is 0.0526. The fourth-order valence-corrected chi connectivity index (χ4v) is 2.44. The minimum Gasteiger partial charge on any atom is -0.465 e. The Morgan fingerprint density at radius 2 is 1.96 bits per heavy atom. The van der Waals surface area contributed by atoms with Gasteiger partial charge < -0.3 is 9.15 Å². The molecule has 7 nitrogen and oxygen atoms in total. The summed E-state index contributed by atoms with van der Waals surface area (Å²) < 4.78 is 10.3. The van der Waals surface area contributed by atoms with Crippen LogP contribution in [0.4, 0.5) is 0 Å². The zero-order valence-corrected chi connectivity index (χ0v) is 14.9. The van der Waals surface area contributed by atoms with E-state index < -0.39 is 11.9 Å². The lowest BCUT2D eigenvalue weighted by Crippen LogP contribution is -2.18. The Kier molecular flexibility index (Phi) is 5.63. The highest BCUT2D eigenvalue weighted by molar-refractivity contribution is 6.32. The first-order valence-electron chi connectivity index (χ1n) is 7.81. The average Bonchev–Trinajstić information content (AvgIpc) is 3.16. The molecule has 0 fully saturated rings.